The predicted octanol–water partition coefficient (Wildman–Crippen LogP) is 4.74. The van der Waals surface area contributed by atoms with Gasteiger partial charge in [-0.05, 0) is 42.2 Å². The Hall–Kier alpha value is -3.20. The Balaban J connectivity index is 1.29. The fraction of sp³-hybridized carbons (Fsp3) is 0.296. The number of imidazole rings is 1. The zero-order chi connectivity index (χ0) is 25.1. The minimum Gasteiger partial charge on any atom is -0.373 e. The standard InChI is InChI=1S/C27H27ClN4O3S/c1-31(22-6-3-2-5-21(22)28)27(34)24-16-18-9-14-35-23-15-19(7-8-20(23)25(18)36-24)26(33)30-10-4-12-32-13-11-29-17-32/h2-3,5-8,11,13,16-17,23H,4,9-10,12,14-15H2,1H3,(H,30,33). The topological polar surface area (TPSA) is 76.5 Å². The van der Waals surface area contributed by atoms with Crippen LogP contribution in [0.5, 0.6) is 0 Å². The van der Waals surface area contributed by atoms with E-state index in [9.17, 15) is 9.59 Å². The third-order valence-electron chi connectivity index (χ3n) is 6.44. The van der Waals surface area contributed by atoms with Crippen molar-refractivity contribution in [3.05, 3.63) is 87.1 Å². The van der Waals surface area contributed by atoms with Crippen LogP contribution in [0.4, 0.5) is 5.69 Å². The van der Waals surface area contributed by atoms with Crippen molar-refractivity contribution < 1.29 is 14.3 Å². The summed E-state index contributed by atoms with van der Waals surface area (Å²) in [5.41, 5.74) is 3.52. The number of hydrogen-bond acceptors (Lipinski definition) is 5. The van der Waals surface area contributed by atoms with Crippen LogP contribution in [0.2, 0.25) is 5.02 Å². The van der Waals surface area contributed by atoms with Gasteiger partial charge in [-0.3, -0.25) is 9.59 Å². The number of anilines is 1. The zero-order valence-electron chi connectivity index (χ0n) is 19.9. The molecule has 1 N–H and O–H groups in total. The van der Waals surface area contributed by atoms with E-state index in [0.717, 1.165) is 35.4 Å². The van der Waals surface area contributed by atoms with Gasteiger partial charge in [0.1, 0.15) is 0 Å². The highest BCUT2D eigenvalue weighted by atomic mass is 35.5. The number of nitrogens with one attached hydrogen (secondary N) is 1. The highest BCUT2D eigenvalue weighted by Crippen LogP contribution is 2.39. The maximum Gasteiger partial charge on any atom is 0.268 e. The van der Waals surface area contributed by atoms with E-state index in [2.05, 4.69) is 10.3 Å². The number of aromatic nitrogens is 2. The summed E-state index contributed by atoms with van der Waals surface area (Å²) in [5, 5.41) is 3.55. The number of aryl methyl sites for hydroxylation is 1. The molecule has 1 aliphatic carbocycles. The van der Waals surface area contributed by atoms with E-state index in [1.165, 1.54) is 11.3 Å². The van der Waals surface area contributed by atoms with Gasteiger partial charge in [0.25, 0.3) is 5.91 Å². The zero-order valence-corrected chi connectivity index (χ0v) is 21.5. The lowest BCUT2D eigenvalue weighted by Gasteiger charge is -2.23. The van der Waals surface area contributed by atoms with Crippen molar-refractivity contribution in [1.82, 2.24) is 14.9 Å². The number of carbonyl (C=O) groups excluding carboxylic acids is 2. The van der Waals surface area contributed by atoms with Gasteiger partial charge in [0.2, 0.25) is 5.91 Å². The molecule has 0 saturated heterocycles. The van der Waals surface area contributed by atoms with Gasteiger partial charge in [0, 0.05) is 49.4 Å². The number of hydrogen-bond donors (Lipinski definition) is 1. The first-order valence-electron chi connectivity index (χ1n) is 11.9. The molecule has 2 amide bonds. The first kappa shape index (κ1) is 24.5. The maximum atomic E-state index is 13.3. The fourth-order valence-corrected chi connectivity index (χ4v) is 6.00. The second-order valence-electron chi connectivity index (χ2n) is 8.82. The molecule has 3 aromatic rings. The van der Waals surface area contributed by atoms with Crippen molar-refractivity contribution in [3.63, 3.8) is 0 Å². The van der Waals surface area contributed by atoms with Gasteiger partial charge in [-0.2, -0.15) is 0 Å². The number of allylic oxidation sites excluding steroid dienone is 2. The molecule has 2 aliphatic rings. The maximum absolute atomic E-state index is 13.3. The van der Waals surface area contributed by atoms with E-state index in [1.807, 2.05) is 47.2 Å². The third-order valence-corrected chi connectivity index (χ3v) is 7.97. The fourth-order valence-electron chi connectivity index (χ4n) is 4.48. The summed E-state index contributed by atoms with van der Waals surface area (Å²) < 4.78 is 8.12. The van der Waals surface area contributed by atoms with Gasteiger partial charge in [-0.1, -0.05) is 35.9 Å². The molecule has 1 aliphatic heterocycles. The Morgan fingerprint density at radius 3 is 2.97 bits per heavy atom. The van der Waals surface area contributed by atoms with Gasteiger partial charge in [-0.15, -0.1) is 11.3 Å². The van der Waals surface area contributed by atoms with Crippen LogP contribution >= 0.6 is 22.9 Å². The van der Waals surface area contributed by atoms with Crippen LogP contribution < -0.4 is 10.2 Å². The normalized spacial score (nSPS) is 16.8. The molecule has 1 atom stereocenters. The van der Waals surface area contributed by atoms with Gasteiger partial charge < -0.3 is 19.5 Å². The number of carbonyl (C=O) groups is 2. The summed E-state index contributed by atoms with van der Waals surface area (Å²) >= 11 is 7.78. The average molecular weight is 523 g/mol. The van der Waals surface area contributed by atoms with Crippen LogP contribution in [0.3, 0.4) is 0 Å². The Labute approximate surface area is 219 Å². The van der Waals surface area contributed by atoms with Crippen LogP contribution in [-0.2, 0) is 22.5 Å². The number of thiophene rings is 1. The highest BCUT2D eigenvalue weighted by molar-refractivity contribution is 7.15. The molecular weight excluding hydrogens is 496 g/mol. The number of benzene rings is 1. The molecule has 0 radical (unpaired) electrons. The average Bonchev–Trinajstić information content (AvgIpc) is 3.53. The van der Waals surface area contributed by atoms with E-state index in [1.54, 1.807) is 30.5 Å². The SMILES string of the molecule is CN(C(=O)c1cc2c(s1)C1=CC=C(C(=O)NCCCn3ccnc3)CC1OCC2)c1ccccc1Cl. The predicted molar refractivity (Wildman–Crippen MR) is 142 cm³/mol. The molecule has 3 heterocycles. The lowest BCUT2D eigenvalue weighted by molar-refractivity contribution is -0.117. The van der Waals surface area contributed by atoms with Crippen LogP contribution in [0.15, 0.2) is 66.8 Å². The van der Waals surface area contributed by atoms with Crippen LogP contribution in [0, 0.1) is 0 Å². The molecule has 7 nitrogen and oxygen atoms in total. The lowest BCUT2D eigenvalue weighted by Crippen LogP contribution is -2.30. The number of nitrogens with zero attached hydrogens (tertiary/aromatic N) is 3. The van der Waals surface area contributed by atoms with E-state index in [4.69, 9.17) is 16.3 Å². The van der Waals surface area contributed by atoms with E-state index >= 15 is 0 Å². The first-order valence-corrected chi connectivity index (χ1v) is 13.1. The minimum atomic E-state index is -0.203. The number of ether oxygens (including phenoxy) is 1. The molecule has 0 bridgehead atoms. The van der Waals surface area contributed by atoms with Crippen molar-refractivity contribution in [2.24, 2.45) is 0 Å². The van der Waals surface area contributed by atoms with Crippen molar-refractivity contribution in [2.75, 3.05) is 25.1 Å². The number of halogens is 1. The van der Waals surface area contributed by atoms with E-state index in [0.29, 0.717) is 40.7 Å². The monoisotopic (exact) mass is 522 g/mol. The molecule has 36 heavy (non-hydrogen) atoms. The second kappa shape index (κ2) is 10.8. The number of fused-ring (bicyclic) bond motifs is 3. The molecule has 1 aromatic carbocycles. The summed E-state index contributed by atoms with van der Waals surface area (Å²) in [4.78, 5) is 33.4. The molecule has 9 heteroatoms. The molecule has 0 saturated carbocycles. The van der Waals surface area contributed by atoms with Crippen molar-refractivity contribution in [1.29, 1.82) is 0 Å². The number of amides is 2. The van der Waals surface area contributed by atoms with E-state index in [-0.39, 0.29) is 17.9 Å². The Kier molecular flexibility index (Phi) is 7.36. The summed E-state index contributed by atoms with van der Waals surface area (Å²) in [7, 11) is 1.74. The second-order valence-corrected chi connectivity index (χ2v) is 10.3. The van der Waals surface area contributed by atoms with Crippen molar-refractivity contribution in [2.45, 2.75) is 31.9 Å². The Morgan fingerprint density at radius 1 is 1.31 bits per heavy atom. The molecule has 2 aromatic heterocycles. The van der Waals surface area contributed by atoms with Gasteiger partial charge >= 0.3 is 0 Å². The van der Waals surface area contributed by atoms with Crippen LogP contribution in [-0.4, -0.2) is 47.7 Å². The molecule has 0 fully saturated rings. The highest BCUT2D eigenvalue weighted by Gasteiger charge is 2.31. The Bertz CT molecular complexity index is 1330. The first-order chi connectivity index (χ1) is 17.5. The molecule has 0 spiro atoms. The molecule has 186 valence electrons. The smallest absolute Gasteiger partial charge is 0.268 e. The van der Waals surface area contributed by atoms with Gasteiger partial charge in [0.05, 0.1) is 34.6 Å². The van der Waals surface area contributed by atoms with Crippen LogP contribution in [0.1, 0.15) is 33.0 Å². The van der Waals surface area contributed by atoms with Gasteiger partial charge in [0.15, 0.2) is 0 Å². The Morgan fingerprint density at radius 2 is 2.17 bits per heavy atom. The van der Waals surface area contributed by atoms with Crippen LogP contribution in [0.25, 0.3) is 5.57 Å². The third kappa shape index (κ3) is 5.16. The number of rotatable bonds is 7. The summed E-state index contributed by atoms with van der Waals surface area (Å²) in [6, 6.07) is 9.29. The largest absolute Gasteiger partial charge is 0.373 e. The molecular formula is C27H27ClN4O3S. The van der Waals surface area contributed by atoms with E-state index < -0.39 is 0 Å². The molecule has 5 rings (SSSR count). The summed E-state index contributed by atoms with van der Waals surface area (Å²) in [5.74, 6) is -0.159. The minimum absolute atomic E-state index is 0.0626. The van der Waals surface area contributed by atoms with Crippen molar-refractivity contribution in [3.8, 4) is 0 Å². The molecule has 1 unspecified atom stereocenters. The lowest BCUT2D eigenvalue weighted by atomic mass is 9.93. The quantitative estimate of drug-likeness (QED) is 0.455. The van der Waals surface area contributed by atoms with Gasteiger partial charge in [-0.25, -0.2) is 4.98 Å². The summed E-state index contributed by atoms with van der Waals surface area (Å²) in [6.07, 6.45) is 11.1. The number of para-hydroxylation sites is 1. The van der Waals surface area contributed by atoms with Crippen molar-refractivity contribution >= 4 is 46.0 Å². The summed E-state index contributed by atoms with van der Waals surface area (Å²) in [6.45, 7) is 1.94.